The average molecular weight is 833 g/mol. The van der Waals surface area contributed by atoms with Crippen LogP contribution in [0.1, 0.15) is 188 Å². The second-order valence-electron chi connectivity index (χ2n) is 18.7. The Kier molecular flexibility index (Phi) is 23.4. The second-order valence-corrected chi connectivity index (χ2v) is 18.7. The van der Waals surface area contributed by atoms with Gasteiger partial charge in [-0.25, -0.2) is 9.59 Å². The van der Waals surface area contributed by atoms with Crippen molar-refractivity contribution in [2.75, 3.05) is 39.4 Å². The highest BCUT2D eigenvalue weighted by molar-refractivity contribution is 5.70. The van der Waals surface area contributed by atoms with Crippen molar-refractivity contribution in [3.05, 3.63) is 0 Å². The van der Waals surface area contributed by atoms with E-state index in [0.29, 0.717) is 49.9 Å². The predicted octanol–water partition coefficient (Wildman–Crippen LogP) is 9.46. The zero-order valence-electron chi connectivity index (χ0n) is 37.7. The lowest BCUT2D eigenvalue weighted by molar-refractivity contribution is -0.147. The molecule has 0 spiro atoms. The number of amides is 2. The summed E-state index contributed by atoms with van der Waals surface area (Å²) in [6.07, 6.45) is 24.5. The van der Waals surface area contributed by atoms with Crippen LogP contribution in [0, 0.1) is 11.8 Å². The first-order valence-electron chi connectivity index (χ1n) is 24.3. The van der Waals surface area contributed by atoms with Crippen LogP contribution in [-0.2, 0) is 28.5 Å². The molecular weight excluding hydrogens is 749 g/mol. The topological polar surface area (TPSA) is 135 Å². The highest BCUT2D eigenvalue weighted by Gasteiger charge is 2.35. The number of nitrogens with zero attached hydrogens (tertiary/aromatic N) is 2. The Bertz CT molecular complexity index is 1120. The first-order chi connectivity index (χ1) is 28.6. The fourth-order valence-electron chi connectivity index (χ4n) is 9.09. The highest BCUT2D eigenvalue weighted by atomic mass is 16.6. The van der Waals surface area contributed by atoms with Crippen molar-refractivity contribution in [1.82, 2.24) is 20.4 Å². The third kappa shape index (κ3) is 21.7. The van der Waals surface area contributed by atoms with Gasteiger partial charge in [-0.3, -0.25) is 19.4 Å². The summed E-state index contributed by atoms with van der Waals surface area (Å²) in [5.74, 6) is 0.876. The van der Waals surface area contributed by atoms with E-state index in [2.05, 4.69) is 48.1 Å². The second kappa shape index (κ2) is 28.1. The maximum atomic E-state index is 13.0. The third-order valence-corrected chi connectivity index (χ3v) is 13.2. The molecule has 340 valence electrons. The molecular formula is C47H84N4O8. The Hall–Kier alpha value is -2.60. The molecule has 2 saturated heterocycles. The summed E-state index contributed by atoms with van der Waals surface area (Å²) in [5.41, 5.74) is 0. The molecule has 0 aromatic carbocycles. The molecule has 4 rings (SSSR count). The van der Waals surface area contributed by atoms with E-state index < -0.39 is 24.4 Å². The number of esters is 2. The van der Waals surface area contributed by atoms with Gasteiger partial charge in [-0.2, -0.15) is 0 Å². The molecule has 2 aliphatic carbocycles. The van der Waals surface area contributed by atoms with Gasteiger partial charge in [-0.05, 0) is 96.3 Å². The fraction of sp³-hybridized carbons (Fsp3) is 0.915. The monoisotopic (exact) mass is 833 g/mol. The molecule has 0 bridgehead atoms. The summed E-state index contributed by atoms with van der Waals surface area (Å²) >= 11 is 0. The SMILES string of the molecule is CCCCCCCCCC(=O)OCC(CN1CC1C)OC(=O)NC1CCC(CC2CCC(NC(=O)OC(COC(=O)CCCCCCCCC)CN3CC3C)CC2)CC1. The Morgan fingerprint density at radius 2 is 0.864 bits per heavy atom. The van der Waals surface area contributed by atoms with E-state index in [9.17, 15) is 19.2 Å². The van der Waals surface area contributed by atoms with Crippen LogP contribution in [0.4, 0.5) is 9.59 Å². The number of nitrogens with one attached hydrogen (secondary N) is 2. The van der Waals surface area contributed by atoms with Crippen LogP contribution < -0.4 is 10.6 Å². The zero-order chi connectivity index (χ0) is 42.2. The lowest BCUT2D eigenvalue weighted by Crippen LogP contribution is -2.42. The average Bonchev–Trinajstić information content (AvgIpc) is 4.12. The van der Waals surface area contributed by atoms with Crippen LogP contribution in [0.2, 0.25) is 0 Å². The molecule has 0 aromatic heterocycles. The van der Waals surface area contributed by atoms with Crippen LogP contribution in [0.3, 0.4) is 0 Å². The van der Waals surface area contributed by atoms with Gasteiger partial charge in [0.05, 0.1) is 0 Å². The van der Waals surface area contributed by atoms with E-state index in [-0.39, 0.29) is 37.2 Å². The first kappa shape index (κ1) is 49.1. The molecule has 12 heteroatoms. The zero-order valence-corrected chi connectivity index (χ0v) is 37.7. The summed E-state index contributed by atoms with van der Waals surface area (Å²) in [6, 6.07) is 1.14. The van der Waals surface area contributed by atoms with E-state index in [4.69, 9.17) is 18.9 Å². The number of rotatable bonds is 30. The van der Waals surface area contributed by atoms with Gasteiger partial charge in [0.2, 0.25) is 0 Å². The predicted molar refractivity (Wildman–Crippen MR) is 232 cm³/mol. The minimum Gasteiger partial charge on any atom is -0.462 e. The van der Waals surface area contributed by atoms with Crippen molar-refractivity contribution in [3.8, 4) is 0 Å². The van der Waals surface area contributed by atoms with Crippen molar-refractivity contribution in [2.24, 2.45) is 11.8 Å². The highest BCUT2D eigenvalue weighted by Crippen LogP contribution is 2.35. The normalized spacial score (nSPS) is 27.2. The van der Waals surface area contributed by atoms with E-state index in [0.717, 1.165) is 103 Å². The van der Waals surface area contributed by atoms with Gasteiger partial charge in [0.25, 0.3) is 0 Å². The number of carbonyl (C=O) groups is 4. The third-order valence-electron chi connectivity index (χ3n) is 13.2. The molecule has 4 fully saturated rings. The van der Waals surface area contributed by atoms with Crippen LogP contribution in [0.15, 0.2) is 0 Å². The van der Waals surface area contributed by atoms with Gasteiger partial charge in [0.15, 0.2) is 12.2 Å². The summed E-state index contributed by atoms with van der Waals surface area (Å²) in [5, 5.41) is 6.23. The molecule has 59 heavy (non-hydrogen) atoms. The number of hydrogen-bond donors (Lipinski definition) is 2. The Morgan fingerprint density at radius 1 is 0.525 bits per heavy atom. The minimum atomic E-state index is -0.471. The smallest absolute Gasteiger partial charge is 0.407 e. The molecule has 0 radical (unpaired) electrons. The molecule has 0 aromatic rings. The maximum Gasteiger partial charge on any atom is 0.407 e. The van der Waals surface area contributed by atoms with E-state index in [1.54, 1.807) is 0 Å². The van der Waals surface area contributed by atoms with Gasteiger partial charge in [-0.15, -0.1) is 0 Å². The van der Waals surface area contributed by atoms with Crippen molar-refractivity contribution in [1.29, 1.82) is 0 Å². The molecule has 2 N–H and O–H groups in total. The van der Waals surface area contributed by atoms with E-state index >= 15 is 0 Å². The summed E-state index contributed by atoms with van der Waals surface area (Å²) < 4.78 is 22.8. The summed E-state index contributed by atoms with van der Waals surface area (Å²) in [4.78, 5) is 55.3. The van der Waals surface area contributed by atoms with Crippen LogP contribution in [0.5, 0.6) is 0 Å². The maximum absolute atomic E-state index is 13.0. The molecule has 6 atom stereocenters. The number of alkyl carbamates (subject to hydrolysis) is 2. The van der Waals surface area contributed by atoms with Crippen LogP contribution in [-0.4, -0.2) is 110 Å². The summed E-state index contributed by atoms with van der Waals surface area (Å²) in [7, 11) is 0. The Morgan fingerprint density at radius 3 is 1.20 bits per heavy atom. The fourth-order valence-corrected chi connectivity index (χ4v) is 9.09. The number of carbonyl (C=O) groups excluding carboxylic acids is 4. The Labute approximate surface area is 357 Å². The molecule has 2 aliphatic heterocycles. The molecule has 2 amide bonds. The number of ether oxygens (including phenoxy) is 4. The summed E-state index contributed by atoms with van der Waals surface area (Å²) in [6.45, 7) is 12.0. The van der Waals surface area contributed by atoms with Gasteiger partial charge in [-0.1, -0.05) is 90.9 Å². The number of hydrogen-bond acceptors (Lipinski definition) is 10. The van der Waals surface area contributed by atoms with Gasteiger partial charge >= 0.3 is 24.1 Å². The van der Waals surface area contributed by atoms with Crippen molar-refractivity contribution < 1.29 is 38.1 Å². The van der Waals surface area contributed by atoms with Gasteiger partial charge in [0.1, 0.15) is 13.2 Å². The lowest BCUT2D eigenvalue weighted by atomic mass is 9.76. The molecule has 2 saturated carbocycles. The quantitative estimate of drug-likeness (QED) is 0.0312. The van der Waals surface area contributed by atoms with E-state index in [1.165, 1.54) is 57.8 Å². The van der Waals surface area contributed by atoms with Crippen LogP contribution >= 0.6 is 0 Å². The molecule has 4 aliphatic rings. The van der Waals surface area contributed by atoms with Crippen molar-refractivity contribution in [3.63, 3.8) is 0 Å². The van der Waals surface area contributed by atoms with Crippen molar-refractivity contribution in [2.45, 2.75) is 225 Å². The largest absolute Gasteiger partial charge is 0.462 e. The number of unbranched alkanes of at least 4 members (excludes halogenated alkanes) is 12. The first-order valence-corrected chi connectivity index (χ1v) is 24.3. The lowest BCUT2D eigenvalue weighted by Gasteiger charge is -2.34. The molecule has 6 unspecified atom stereocenters. The van der Waals surface area contributed by atoms with E-state index in [1.807, 2.05) is 0 Å². The van der Waals surface area contributed by atoms with Gasteiger partial charge < -0.3 is 29.6 Å². The Balaban J connectivity index is 1.06. The van der Waals surface area contributed by atoms with Crippen LogP contribution in [0.25, 0.3) is 0 Å². The minimum absolute atomic E-state index is 0.0998. The van der Waals surface area contributed by atoms with Gasteiger partial charge in [0, 0.05) is 63.2 Å². The van der Waals surface area contributed by atoms with Crippen molar-refractivity contribution >= 4 is 24.1 Å². The molecule has 2 heterocycles. The standard InChI is InChI=1S/C47H84N4O8/c1-5-7-9-11-13-15-17-19-44(52)56-34-42(32-50-30-36(50)3)58-46(54)48-40-25-21-38(22-26-40)29-39-23-27-41(28-24-39)49-47(55)59-43(33-51-31-37(51)4)35-57-45(53)20-18-16-14-12-10-8-6-2/h36-43H,5-35H2,1-4H3,(H,48,54)(H,49,55). The molecule has 12 nitrogen and oxygen atoms in total.